The van der Waals surface area contributed by atoms with Crippen LogP contribution in [0, 0.1) is 12.7 Å². The minimum Gasteiger partial charge on any atom is -0.458 e. The van der Waals surface area contributed by atoms with Crippen molar-refractivity contribution in [1.29, 1.82) is 0 Å². The van der Waals surface area contributed by atoms with E-state index >= 15 is 0 Å². The zero-order valence-corrected chi connectivity index (χ0v) is 44.6. The summed E-state index contributed by atoms with van der Waals surface area (Å²) in [4.78, 5) is 14.6. The van der Waals surface area contributed by atoms with Crippen molar-refractivity contribution in [2.24, 2.45) is 0 Å². The van der Waals surface area contributed by atoms with Gasteiger partial charge >= 0.3 is 0 Å². The number of rotatable bonds is 11. The minimum absolute atomic E-state index is 0.161. The maximum absolute atomic E-state index is 6.80. The number of benzene rings is 6. The molecule has 4 aromatic heterocycles. The normalized spacial score (nSPS) is 14.4. The number of imidazole rings is 2. The lowest BCUT2D eigenvalue weighted by molar-refractivity contribution is -0.572. The topological polar surface area (TPSA) is 68.3 Å². The Morgan fingerprint density at radius 2 is 0.816 bits per heavy atom. The van der Waals surface area contributed by atoms with Crippen molar-refractivity contribution in [2.75, 3.05) is 36.0 Å². The molecule has 10 nitrogen and oxygen atoms in total. The fourth-order valence-electron chi connectivity index (χ4n) is 10.8. The van der Waals surface area contributed by atoms with Crippen molar-refractivity contribution in [3.05, 3.63) is 194 Å². The van der Waals surface area contributed by atoms with E-state index in [4.69, 9.17) is 19.4 Å². The highest BCUT2D eigenvalue weighted by Crippen LogP contribution is 2.36. The molecule has 6 aromatic carbocycles. The van der Waals surface area contributed by atoms with Gasteiger partial charge in [0.1, 0.15) is 23.0 Å². The summed E-state index contributed by atoms with van der Waals surface area (Å²) < 4.78 is 22.3. The number of para-hydroxylation sites is 4. The molecule has 2 aliphatic rings. The van der Waals surface area contributed by atoms with Crippen LogP contribution in [-0.2, 0) is 10.8 Å². The van der Waals surface area contributed by atoms with Crippen molar-refractivity contribution in [2.45, 2.75) is 90.9 Å². The molecular weight excluding hydrogens is 937 g/mol. The zero-order chi connectivity index (χ0) is 52.0. The molecule has 0 N–H and O–H groups in total. The average Bonchev–Trinajstić information content (AvgIpc) is 4.05. The first-order valence-electron chi connectivity index (χ1n) is 27.1. The summed E-state index contributed by atoms with van der Waals surface area (Å²) in [7, 11) is 0. The van der Waals surface area contributed by atoms with Crippen molar-refractivity contribution in [3.8, 4) is 57.1 Å². The summed E-state index contributed by atoms with van der Waals surface area (Å²) in [5, 5.41) is 0. The van der Waals surface area contributed by atoms with E-state index in [0.29, 0.717) is 34.4 Å². The number of hydrogen-bond acceptors (Lipinski definition) is 6. The van der Waals surface area contributed by atoms with Gasteiger partial charge < -0.3 is 19.3 Å². The fourth-order valence-corrected chi connectivity index (χ4v) is 10.8. The summed E-state index contributed by atoms with van der Waals surface area (Å²) in [6.07, 6.45) is 18.6. The van der Waals surface area contributed by atoms with Crippen molar-refractivity contribution >= 4 is 33.4 Å². The monoisotopic (exact) mass is 1000 g/mol. The van der Waals surface area contributed by atoms with Gasteiger partial charge in [0, 0.05) is 62.1 Å². The lowest BCUT2D eigenvalue weighted by Gasteiger charge is -2.29. The zero-order valence-electron chi connectivity index (χ0n) is 44.6. The van der Waals surface area contributed by atoms with Crippen molar-refractivity contribution < 1.29 is 18.6 Å². The van der Waals surface area contributed by atoms with Gasteiger partial charge in [0.15, 0.2) is 0 Å². The van der Waals surface area contributed by atoms with Crippen LogP contribution < -0.4 is 28.4 Å². The van der Waals surface area contributed by atoms with Crippen LogP contribution in [0.1, 0.15) is 91.2 Å². The molecular formula is C66H66N8O2. The van der Waals surface area contributed by atoms with Gasteiger partial charge in [-0.1, -0.05) is 102 Å². The Morgan fingerprint density at radius 1 is 0.408 bits per heavy atom. The number of nitrogens with zero attached hydrogens (tertiary/aromatic N) is 8. The Kier molecular flexibility index (Phi) is 12.9. The molecule has 2 fully saturated rings. The van der Waals surface area contributed by atoms with Crippen LogP contribution in [0.2, 0.25) is 0 Å². The highest BCUT2D eigenvalue weighted by molar-refractivity contribution is 5.76. The molecule has 12 rings (SSSR count). The second-order valence-corrected chi connectivity index (χ2v) is 22.5. The third kappa shape index (κ3) is 10.0. The van der Waals surface area contributed by atoms with Crippen molar-refractivity contribution in [1.82, 2.24) is 19.1 Å². The largest absolute Gasteiger partial charge is 0.458 e. The smallest absolute Gasteiger partial charge is 0.269 e. The number of ether oxygens (including phenoxy) is 2. The Hall–Kier alpha value is -8.24. The van der Waals surface area contributed by atoms with Gasteiger partial charge in [-0.05, 0) is 145 Å². The van der Waals surface area contributed by atoms with Gasteiger partial charge in [-0.3, -0.25) is 28.2 Å². The molecule has 10 aromatic rings. The third-order valence-electron chi connectivity index (χ3n) is 15.0. The fraction of sp³-hybridized carbons (Fsp3) is 0.273. The molecule has 2 saturated heterocycles. The Bertz CT molecular complexity index is 3490. The Morgan fingerprint density at radius 3 is 1.24 bits per heavy atom. The highest BCUT2D eigenvalue weighted by atomic mass is 16.5. The highest BCUT2D eigenvalue weighted by Gasteiger charge is 2.23. The van der Waals surface area contributed by atoms with E-state index in [2.05, 4.69) is 216 Å². The van der Waals surface area contributed by atoms with Crippen LogP contribution in [0.4, 0.5) is 11.4 Å². The van der Waals surface area contributed by atoms with Crippen LogP contribution in [0.25, 0.3) is 56.2 Å². The van der Waals surface area contributed by atoms with E-state index in [1.807, 2.05) is 24.3 Å². The van der Waals surface area contributed by atoms with E-state index in [-0.39, 0.29) is 10.8 Å². The summed E-state index contributed by atoms with van der Waals surface area (Å²) >= 11 is 0. The predicted molar refractivity (Wildman–Crippen MR) is 304 cm³/mol. The Balaban J connectivity index is 0.841. The Labute approximate surface area is 447 Å². The molecule has 0 spiro atoms. The van der Waals surface area contributed by atoms with Gasteiger partial charge in [-0.2, -0.15) is 0 Å². The second kappa shape index (κ2) is 20.1. The molecule has 0 bridgehead atoms. The standard InChI is InChI=1S/C66H66N8O2/c1-65(2,3)47-35-53(73-45-71(61-23-9-11-25-63(61)73)51-21-17-19-49(39-51)69-31-13-7-14-32-69)41-57(37-47)75-55-27-29-67-59(43-55)60-44-56(28-30-68-60)76-58-38-48(66(4,5)6)36-54(42-58)74-46-72(62-24-10-12-26-64(62)74)52-22-18-20-50(40-52)70-33-15-8-16-34-70/h9-12,17-30,35-44H,7-8,13-16,31-34H2,1-6H3. The van der Waals surface area contributed by atoms with Gasteiger partial charge in [-0.25, -0.2) is 0 Å². The molecule has 0 saturated carbocycles. The molecule has 382 valence electrons. The molecule has 76 heavy (non-hydrogen) atoms. The summed E-state index contributed by atoms with van der Waals surface area (Å²) in [5.41, 5.74) is 14.2. The van der Waals surface area contributed by atoms with Gasteiger partial charge in [0.25, 0.3) is 12.7 Å². The van der Waals surface area contributed by atoms with Crippen LogP contribution in [0.5, 0.6) is 23.0 Å². The van der Waals surface area contributed by atoms with Crippen LogP contribution in [0.15, 0.2) is 170 Å². The first kappa shape index (κ1) is 48.7. The van der Waals surface area contributed by atoms with Crippen LogP contribution >= 0.6 is 0 Å². The first-order valence-corrected chi connectivity index (χ1v) is 27.1. The lowest BCUT2D eigenvalue weighted by atomic mass is 9.86. The molecule has 0 unspecified atom stereocenters. The molecule has 2 aliphatic heterocycles. The maximum Gasteiger partial charge on any atom is 0.269 e. The third-order valence-corrected chi connectivity index (χ3v) is 15.0. The molecule has 0 amide bonds. The molecule has 6 heterocycles. The molecule has 0 atom stereocenters. The minimum atomic E-state index is -0.161. The van der Waals surface area contributed by atoms with Gasteiger partial charge in [0.2, 0.25) is 0 Å². The summed E-state index contributed by atoms with van der Waals surface area (Å²) in [6.45, 7) is 17.8. The van der Waals surface area contributed by atoms with Gasteiger partial charge in [0.05, 0.1) is 56.2 Å². The molecule has 0 radical (unpaired) electrons. The molecule has 10 heteroatoms. The van der Waals surface area contributed by atoms with Crippen LogP contribution in [-0.4, -0.2) is 45.3 Å². The van der Waals surface area contributed by atoms with Crippen LogP contribution in [0.3, 0.4) is 0 Å². The van der Waals surface area contributed by atoms with E-state index < -0.39 is 0 Å². The van der Waals surface area contributed by atoms with E-state index in [0.717, 1.165) is 82.1 Å². The summed E-state index contributed by atoms with van der Waals surface area (Å²) in [5.74, 6) is 2.73. The number of anilines is 2. The number of pyridine rings is 2. The van der Waals surface area contributed by atoms with E-state index in [1.54, 1.807) is 12.4 Å². The number of aromatic nitrogens is 6. The molecule has 0 aliphatic carbocycles. The SMILES string of the molecule is CC(C)(C)c1cc(Oc2ccnc(-c3cc(Oc4cc(-[n+]5[c-]n(-c6cccc(N7CCCCC7)c6)c6ccccc65)cc(C(C)(C)C)c4)ccn3)c2)cc(-[n+]2[c-]n(-c3cccc(N4CCCCC4)c3)c3ccccc32)c1. The quantitative estimate of drug-likeness (QED) is 0.0950. The van der Waals surface area contributed by atoms with Crippen molar-refractivity contribution in [3.63, 3.8) is 0 Å². The lowest BCUT2D eigenvalue weighted by Crippen LogP contribution is -2.30. The average molecular weight is 1000 g/mol. The van der Waals surface area contributed by atoms with E-state index in [1.165, 1.54) is 49.9 Å². The number of fused-ring (bicyclic) bond motifs is 2. The van der Waals surface area contributed by atoms with Gasteiger partial charge in [-0.15, -0.1) is 0 Å². The first-order chi connectivity index (χ1) is 36.9. The summed E-state index contributed by atoms with van der Waals surface area (Å²) in [6, 6.07) is 55.4. The number of hydrogen-bond donors (Lipinski definition) is 0. The second-order valence-electron chi connectivity index (χ2n) is 22.5. The predicted octanol–water partition coefficient (Wildman–Crippen LogP) is 14.3. The maximum atomic E-state index is 6.80. The van der Waals surface area contributed by atoms with E-state index in [9.17, 15) is 0 Å². The number of piperidine rings is 2.